The molecule has 0 bridgehead atoms. The van der Waals surface area contributed by atoms with E-state index in [-0.39, 0.29) is 10.8 Å². The molecule has 3 aromatic rings. The number of anilines is 3. The molecule has 1 aliphatic heterocycles. The van der Waals surface area contributed by atoms with Gasteiger partial charge in [0.25, 0.3) is 16.0 Å². The van der Waals surface area contributed by atoms with E-state index in [0.29, 0.717) is 23.4 Å². The maximum absolute atomic E-state index is 13.0. The lowest BCUT2D eigenvalue weighted by Crippen LogP contribution is -2.22. The van der Waals surface area contributed by atoms with Crippen LogP contribution >= 0.6 is 0 Å². The molecule has 0 unspecified atom stereocenters. The molecule has 0 saturated heterocycles. The third kappa shape index (κ3) is 7.08. The Labute approximate surface area is 224 Å². The molecule has 1 heterocycles. The third-order valence-electron chi connectivity index (χ3n) is 6.03. The SMILES string of the molecule is CCCC1=NN(c2ccc(S(=O)(=O)O)cc2)C(=O)/C1=C/Nc1ccccc1CC.CCc1ccccc1N. The summed E-state index contributed by atoms with van der Waals surface area (Å²) >= 11 is 0. The minimum Gasteiger partial charge on any atom is -0.399 e. The monoisotopic (exact) mass is 534 g/mol. The van der Waals surface area contributed by atoms with Crippen LogP contribution in [0, 0.1) is 0 Å². The molecule has 4 N–H and O–H groups in total. The zero-order valence-electron chi connectivity index (χ0n) is 21.9. The maximum Gasteiger partial charge on any atom is 0.294 e. The van der Waals surface area contributed by atoms with Crippen LogP contribution in [0.25, 0.3) is 0 Å². The predicted octanol–water partition coefficient (Wildman–Crippen LogP) is 5.83. The van der Waals surface area contributed by atoms with E-state index < -0.39 is 10.1 Å². The van der Waals surface area contributed by atoms with E-state index in [1.54, 1.807) is 6.20 Å². The van der Waals surface area contributed by atoms with Gasteiger partial charge in [-0.2, -0.15) is 18.5 Å². The molecule has 0 aromatic heterocycles. The normalized spacial score (nSPS) is 14.2. The van der Waals surface area contributed by atoms with Gasteiger partial charge < -0.3 is 11.1 Å². The van der Waals surface area contributed by atoms with Gasteiger partial charge in [0.15, 0.2) is 0 Å². The summed E-state index contributed by atoms with van der Waals surface area (Å²) < 4.78 is 31.6. The summed E-state index contributed by atoms with van der Waals surface area (Å²) in [6.07, 6.45) is 5.02. The number of hydrogen-bond donors (Lipinski definition) is 3. The van der Waals surface area contributed by atoms with Crippen molar-refractivity contribution >= 4 is 38.8 Å². The van der Waals surface area contributed by atoms with Gasteiger partial charge in [-0.15, -0.1) is 0 Å². The quantitative estimate of drug-likeness (QED) is 0.190. The van der Waals surface area contributed by atoms with Crippen molar-refractivity contribution in [3.63, 3.8) is 0 Å². The summed E-state index contributed by atoms with van der Waals surface area (Å²) in [5.74, 6) is -0.297. The molecule has 0 spiro atoms. The van der Waals surface area contributed by atoms with Crippen molar-refractivity contribution in [2.45, 2.75) is 51.3 Å². The summed E-state index contributed by atoms with van der Waals surface area (Å²) in [5.41, 5.74) is 11.4. The smallest absolute Gasteiger partial charge is 0.294 e. The summed E-state index contributed by atoms with van der Waals surface area (Å²) in [5, 5.41) is 8.91. The zero-order chi connectivity index (χ0) is 27.7. The first kappa shape index (κ1) is 28.6. The van der Waals surface area contributed by atoms with Gasteiger partial charge in [0.2, 0.25) is 0 Å². The van der Waals surface area contributed by atoms with Gasteiger partial charge in [-0.05, 0) is 66.8 Å². The number of hydrazone groups is 1. The summed E-state index contributed by atoms with van der Waals surface area (Å²) in [6, 6.07) is 21.2. The molecule has 0 radical (unpaired) electrons. The van der Waals surface area contributed by atoms with Gasteiger partial charge in [-0.1, -0.05) is 63.6 Å². The van der Waals surface area contributed by atoms with Crippen molar-refractivity contribution in [3.05, 3.63) is 95.7 Å². The lowest BCUT2D eigenvalue weighted by molar-refractivity contribution is -0.114. The van der Waals surface area contributed by atoms with Crippen molar-refractivity contribution in [1.29, 1.82) is 0 Å². The van der Waals surface area contributed by atoms with Gasteiger partial charge in [0.05, 0.1) is 21.9 Å². The number of rotatable bonds is 8. The molecule has 3 aromatic carbocycles. The number of para-hydroxylation sites is 2. The van der Waals surface area contributed by atoms with Crippen LogP contribution in [0.4, 0.5) is 17.1 Å². The van der Waals surface area contributed by atoms with Crippen LogP contribution in [0.3, 0.4) is 0 Å². The first-order valence-corrected chi connectivity index (χ1v) is 14.0. The van der Waals surface area contributed by atoms with Gasteiger partial charge in [-0.25, -0.2) is 0 Å². The Bertz CT molecular complexity index is 1430. The van der Waals surface area contributed by atoms with E-state index in [1.165, 1.54) is 34.8 Å². The van der Waals surface area contributed by atoms with Crippen molar-refractivity contribution in [3.8, 4) is 0 Å². The second-order valence-electron chi connectivity index (χ2n) is 8.65. The molecule has 0 atom stereocenters. The zero-order valence-corrected chi connectivity index (χ0v) is 22.7. The highest BCUT2D eigenvalue weighted by molar-refractivity contribution is 7.85. The highest BCUT2D eigenvalue weighted by atomic mass is 32.2. The largest absolute Gasteiger partial charge is 0.399 e. The van der Waals surface area contributed by atoms with Crippen LogP contribution < -0.4 is 16.1 Å². The third-order valence-corrected chi connectivity index (χ3v) is 6.89. The summed E-state index contributed by atoms with van der Waals surface area (Å²) in [7, 11) is -4.29. The number of nitrogens with two attached hydrogens (primary N) is 1. The number of hydrogen-bond acceptors (Lipinski definition) is 6. The second kappa shape index (κ2) is 13.0. The molecule has 0 fully saturated rings. The Kier molecular flexibility index (Phi) is 9.81. The van der Waals surface area contributed by atoms with Crippen molar-refractivity contribution in [2.24, 2.45) is 5.10 Å². The highest BCUT2D eigenvalue weighted by Gasteiger charge is 2.30. The lowest BCUT2D eigenvalue weighted by atomic mass is 10.1. The van der Waals surface area contributed by atoms with E-state index >= 15 is 0 Å². The molecule has 1 aliphatic rings. The molecular weight excluding hydrogens is 500 g/mol. The Balaban J connectivity index is 0.000000375. The van der Waals surface area contributed by atoms with Crippen molar-refractivity contribution in [2.75, 3.05) is 16.1 Å². The summed E-state index contributed by atoms with van der Waals surface area (Å²) in [6.45, 7) is 6.18. The minimum absolute atomic E-state index is 0.237. The molecular formula is C29H34N4O4S. The first-order chi connectivity index (χ1) is 18.2. The number of carbonyl (C=O) groups excluding carboxylic acids is 1. The lowest BCUT2D eigenvalue weighted by Gasteiger charge is -2.12. The number of aryl methyl sites for hydroxylation is 2. The minimum atomic E-state index is -4.29. The average molecular weight is 535 g/mol. The van der Waals surface area contributed by atoms with Crippen LogP contribution in [-0.2, 0) is 27.8 Å². The number of carbonyl (C=O) groups is 1. The van der Waals surface area contributed by atoms with Crippen LogP contribution in [0.15, 0.2) is 94.6 Å². The average Bonchev–Trinajstić information content (AvgIpc) is 3.22. The molecule has 0 aliphatic carbocycles. The topological polar surface area (TPSA) is 125 Å². The molecule has 4 rings (SSSR count). The Hall–Kier alpha value is -3.95. The van der Waals surface area contributed by atoms with Crippen LogP contribution in [-0.4, -0.2) is 24.6 Å². The fourth-order valence-electron chi connectivity index (χ4n) is 3.93. The second-order valence-corrected chi connectivity index (χ2v) is 10.1. The van der Waals surface area contributed by atoms with Crippen LogP contribution in [0.1, 0.15) is 44.7 Å². The van der Waals surface area contributed by atoms with E-state index in [9.17, 15) is 13.2 Å². The molecule has 8 nitrogen and oxygen atoms in total. The molecule has 200 valence electrons. The number of amides is 1. The molecule has 0 saturated carbocycles. The Morgan fingerprint density at radius 1 is 0.921 bits per heavy atom. The number of nitrogens with one attached hydrogen (secondary N) is 1. The number of benzene rings is 3. The first-order valence-electron chi connectivity index (χ1n) is 12.6. The van der Waals surface area contributed by atoms with Crippen LogP contribution in [0.2, 0.25) is 0 Å². The standard InChI is InChI=1S/C21H23N3O4S.C8H11N/c1-3-7-20-18(14-22-19-9-6-5-8-15(19)4-2)21(25)24(23-20)16-10-12-17(13-11-16)29(26,27)28;1-2-7-5-3-4-6-8(7)9/h5-6,8-14,22H,3-4,7H2,1-2H3,(H,26,27,28);3-6H,2,9H2,1H3/b18-14+;. The van der Waals surface area contributed by atoms with Gasteiger partial charge >= 0.3 is 0 Å². The number of nitrogen functional groups attached to an aromatic ring is 1. The van der Waals surface area contributed by atoms with Crippen LogP contribution in [0.5, 0.6) is 0 Å². The Morgan fingerprint density at radius 2 is 1.53 bits per heavy atom. The maximum atomic E-state index is 13.0. The fourth-order valence-corrected chi connectivity index (χ4v) is 4.41. The van der Waals surface area contributed by atoms with Gasteiger partial charge in [0.1, 0.15) is 0 Å². The molecule has 38 heavy (non-hydrogen) atoms. The summed E-state index contributed by atoms with van der Waals surface area (Å²) in [4.78, 5) is 12.7. The van der Waals surface area contributed by atoms with Gasteiger partial charge in [-0.3, -0.25) is 9.35 Å². The predicted molar refractivity (Wildman–Crippen MR) is 154 cm³/mol. The highest BCUT2D eigenvalue weighted by Crippen LogP contribution is 2.27. The van der Waals surface area contributed by atoms with E-state index in [0.717, 1.165) is 36.2 Å². The molecule has 9 heteroatoms. The van der Waals surface area contributed by atoms with E-state index in [4.69, 9.17) is 10.3 Å². The number of nitrogens with zero attached hydrogens (tertiary/aromatic N) is 2. The van der Waals surface area contributed by atoms with Crippen molar-refractivity contribution in [1.82, 2.24) is 0 Å². The van der Waals surface area contributed by atoms with E-state index in [2.05, 4.69) is 30.3 Å². The van der Waals surface area contributed by atoms with E-state index in [1.807, 2.05) is 49.4 Å². The Morgan fingerprint density at radius 3 is 2.08 bits per heavy atom. The fraction of sp³-hybridized carbons (Fsp3) is 0.241. The molecule has 1 amide bonds. The van der Waals surface area contributed by atoms with Gasteiger partial charge in [0, 0.05) is 17.6 Å². The van der Waals surface area contributed by atoms with Crippen molar-refractivity contribution < 1.29 is 17.8 Å².